The van der Waals surface area contributed by atoms with E-state index in [-0.39, 0.29) is 31.0 Å². The number of aliphatic carboxylic acids is 2. The van der Waals surface area contributed by atoms with Crippen LogP contribution in [-0.2, 0) is 9.59 Å². The van der Waals surface area contributed by atoms with E-state index >= 15 is 0 Å². The average Bonchev–Trinajstić information content (AvgIpc) is 1.85. The van der Waals surface area contributed by atoms with Crippen molar-refractivity contribution in [1.29, 1.82) is 0 Å². The van der Waals surface area contributed by atoms with Crippen molar-refractivity contribution >= 4 is 11.9 Å². The summed E-state index contributed by atoms with van der Waals surface area (Å²) >= 11 is 0. The summed E-state index contributed by atoms with van der Waals surface area (Å²) < 4.78 is 0. The van der Waals surface area contributed by atoms with Gasteiger partial charge in [0.15, 0.2) is 0 Å². The predicted molar refractivity (Wildman–Crippen MR) is 45.8 cm³/mol. The van der Waals surface area contributed by atoms with Crippen LogP contribution in [0.5, 0.6) is 0 Å². The van der Waals surface area contributed by atoms with Crippen molar-refractivity contribution in [3.05, 3.63) is 0 Å². The molecule has 0 bridgehead atoms. The number of carbonyl (C=O) groups is 2. The second-order valence-electron chi connectivity index (χ2n) is 1.62. The fourth-order valence-electron chi connectivity index (χ4n) is 0. The molecule has 0 saturated heterocycles. The first-order valence-electron chi connectivity index (χ1n) is 3.17. The van der Waals surface area contributed by atoms with Gasteiger partial charge in [-0.1, -0.05) is 0 Å². The molecule has 0 aromatic carbocycles. The summed E-state index contributed by atoms with van der Waals surface area (Å²) in [6, 6.07) is 0. The van der Waals surface area contributed by atoms with Crippen molar-refractivity contribution in [2.24, 2.45) is 11.5 Å². The molecule has 0 atom stereocenters. The van der Waals surface area contributed by atoms with E-state index in [9.17, 15) is 0 Å². The smallest absolute Gasteiger partial charge is 1.00 e. The van der Waals surface area contributed by atoms with Gasteiger partial charge in [-0.05, 0) is 0 Å². The van der Waals surface area contributed by atoms with Gasteiger partial charge in [0.1, 0.15) is 0 Å². The Hall–Kier alpha value is -0.140. The van der Waals surface area contributed by atoms with Gasteiger partial charge in [0.2, 0.25) is 0 Å². The molecule has 0 heterocycles. The molecule has 0 amide bonds. The van der Waals surface area contributed by atoms with Crippen LogP contribution < -0.4 is 41.0 Å². The molecule has 0 aromatic heterocycles. The summed E-state index contributed by atoms with van der Waals surface area (Å²) in [4.78, 5) is 18.0. The number of carboxylic acids is 2. The normalized spacial score (nSPS) is 6.15. The molecule has 76 valence electrons. The number of rotatable bonds is 1. The SMILES string of the molecule is CC(=O)O.CC(=O)O.NCCN.[H-].[Na+]. The quantitative estimate of drug-likeness (QED) is 0.324. The first-order valence-corrected chi connectivity index (χ1v) is 3.17. The second kappa shape index (κ2) is 22.6. The summed E-state index contributed by atoms with van der Waals surface area (Å²) in [6.07, 6.45) is 0. The molecule has 0 aliphatic rings. The zero-order valence-electron chi connectivity index (χ0n) is 9.28. The molecule has 0 saturated carbocycles. The summed E-state index contributed by atoms with van der Waals surface area (Å²) in [7, 11) is 0. The first-order chi connectivity index (χ1) is 5.38. The largest absolute Gasteiger partial charge is 1.00 e. The standard InChI is InChI=1S/C2H8N2.2C2H4O2.Na.H/c3-1-2-4;2*1-2(3)4;;/h1-4H2;2*1H3,(H,3,4);;/q;;;+1;-1. The van der Waals surface area contributed by atoms with Crippen molar-refractivity contribution in [3.8, 4) is 0 Å². The molecule has 0 aromatic rings. The maximum atomic E-state index is 9.00. The molecule has 0 spiro atoms. The Morgan fingerprint density at radius 2 is 1.15 bits per heavy atom. The van der Waals surface area contributed by atoms with Crippen molar-refractivity contribution in [3.63, 3.8) is 0 Å². The van der Waals surface area contributed by atoms with Crippen molar-refractivity contribution < 1.29 is 50.8 Å². The molecule has 6 N–H and O–H groups in total. The van der Waals surface area contributed by atoms with E-state index in [4.69, 9.17) is 31.3 Å². The summed E-state index contributed by atoms with van der Waals surface area (Å²) in [5.74, 6) is -1.67. The molecule has 6 nitrogen and oxygen atoms in total. The van der Waals surface area contributed by atoms with Crippen molar-refractivity contribution in [2.75, 3.05) is 13.1 Å². The van der Waals surface area contributed by atoms with E-state index < -0.39 is 11.9 Å². The minimum atomic E-state index is -0.833. The fourth-order valence-corrected chi connectivity index (χ4v) is 0. The van der Waals surface area contributed by atoms with Gasteiger partial charge in [-0.15, -0.1) is 0 Å². The Kier molecular flexibility index (Phi) is 40.1. The molecule has 13 heavy (non-hydrogen) atoms. The number of nitrogens with two attached hydrogens (primary N) is 2. The van der Waals surface area contributed by atoms with Gasteiger partial charge >= 0.3 is 29.6 Å². The fraction of sp³-hybridized carbons (Fsp3) is 0.667. The topological polar surface area (TPSA) is 127 Å². The zero-order valence-corrected chi connectivity index (χ0v) is 10.3. The predicted octanol–water partition coefficient (Wildman–Crippen LogP) is -3.80. The van der Waals surface area contributed by atoms with Gasteiger partial charge in [-0.3, -0.25) is 9.59 Å². The number of carboxylic acid groups (broad SMARTS) is 2. The maximum Gasteiger partial charge on any atom is 1.00 e. The third-order valence-corrected chi connectivity index (χ3v) is 0.167. The van der Waals surface area contributed by atoms with Gasteiger partial charge in [-0.25, -0.2) is 0 Å². The molecule has 0 unspecified atom stereocenters. The molecule has 0 fully saturated rings. The van der Waals surface area contributed by atoms with E-state index in [1.165, 1.54) is 0 Å². The zero-order chi connectivity index (χ0) is 10.6. The number of hydrogen-bond donors (Lipinski definition) is 4. The van der Waals surface area contributed by atoms with Gasteiger partial charge in [0.05, 0.1) is 0 Å². The van der Waals surface area contributed by atoms with Crippen LogP contribution in [0.2, 0.25) is 0 Å². The van der Waals surface area contributed by atoms with Crippen LogP contribution >= 0.6 is 0 Å². The molecule has 7 heteroatoms. The van der Waals surface area contributed by atoms with Crippen LogP contribution in [0.1, 0.15) is 15.3 Å². The van der Waals surface area contributed by atoms with Crippen LogP contribution in [0, 0.1) is 0 Å². The Labute approximate surface area is 101 Å². The van der Waals surface area contributed by atoms with Gasteiger partial charge in [0, 0.05) is 26.9 Å². The van der Waals surface area contributed by atoms with Gasteiger partial charge < -0.3 is 23.1 Å². The third-order valence-electron chi connectivity index (χ3n) is 0.167. The van der Waals surface area contributed by atoms with E-state index in [0.29, 0.717) is 13.1 Å². The monoisotopic (exact) mass is 204 g/mol. The van der Waals surface area contributed by atoms with E-state index in [2.05, 4.69) is 0 Å². The summed E-state index contributed by atoms with van der Waals surface area (Å²) in [6.45, 7) is 3.36. The molecule has 0 aliphatic carbocycles. The third kappa shape index (κ3) is 1560. The summed E-state index contributed by atoms with van der Waals surface area (Å²) in [5.41, 5.74) is 9.81. The van der Waals surface area contributed by atoms with Crippen LogP contribution in [0.3, 0.4) is 0 Å². The average molecular weight is 204 g/mol. The first kappa shape index (κ1) is 23.0. The van der Waals surface area contributed by atoms with Gasteiger partial charge in [-0.2, -0.15) is 0 Å². The van der Waals surface area contributed by atoms with Crippen LogP contribution in [0.4, 0.5) is 0 Å². The van der Waals surface area contributed by atoms with Crippen molar-refractivity contribution in [2.45, 2.75) is 13.8 Å². The minimum absolute atomic E-state index is 0. The van der Waals surface area contributed by atoms with Crippen LogP contribution in [0.25, 0.3) is 0 Å². The van der Waals surface area contributed by atoms with Gasteiger partial charge in [0.25, 0.3) is 11.9 Å². The second-order valence-corrected chi connectivity index (χ2v) is 1.62. The maximum absolute atomic E-state index is 9.00. The molecule has 0 aliphatic heterocycles. The van der Waals surface area contributed by atoms with Crippen LogP contribution in [-0.4, -0.2) is 35.2 Å². The van der Waals surface area contributed by atoms with E-state index in [1.54, 1.807) is 0 Å². The Morgan fingerprint density at radius 3 is 1.15 bits per heavy atom. The van der Waals surface area contributed by atoms with Crippen LogP contribution in [0.15, 0.2) is 0 Å². The molecule has 0 radical (unpaired) electrons. The minimum Gasteiger partial charge on any atom is -1.00 e. The summed E-state index contributed by atoms with van der Waals surface area (Å²) in [5, 5.41) is 14.8. The van der Waals surface area contributed by atoms with Crippen molar-refractivity contribution in [1.82, 2.24) is 0 Å². The Morgan fingerprint density at radius 1 is 1.08 bits per heavy atom. The number of hydrogen-bond acceptors (Lipinski definition) is 4. The molecular weight excluding hydrogens is 187 g/mol. The van der Waals surface area contributed by atoms with E-state index in [1.807, 2.05) is 0 Å². The van der Waals surface area contributed by atoms with E-state index in [0.717, 1.165) is 13.8 Å². The molecular formula is C6H17N2NaO4. The molecule has 0 rings (SSSR count). The Bertz CT molecular complexity index is 104. The Balaban J connectivity index is -0.0000000270.